The fourth-order valence-electron chi connectivity index (χ4n) is 4.93. The van der Waals surface area contributed by atoms with Crippen molar-refractivity contribution in [2.75, 3.05) is 0 Å². The van der Waals surface area contributed by atoms with Crippen molar-refractivity contribution in [3.8, 4) is 16.8 Å². The molecule has 3 heteroatoms. The molecule has 0 unspecified atom stereocenters. The summed E-state index contributed by atoms with van der Waals surface area (Å²) in [5.41, 5.74) is 7.51. The molecule has 6 aromatic rings. The van der Waals surface area contributed by atoms with Crippen LogP contribution >= 0.6 is 11.3 Å². The van der Waals surface area contributed by atoms with Crippen molar-refractivity contribution < 1.29 is 0 Å². The first-order valence-corrected chi connectivity index (χ1v) is 11.2. The first-order chi connectivity index (χ1) is 14.9. The summed E-state index contributed by atoms with van der Waals surface area (Å²) in [6.07, 6.45) is 2.05. The van der Waals surface area contributed by atoms with Crippen LogP contribution in [0.3, 0.4) is 0 Å². The highest BCUT2D eigenvalue weighted by atomic mass is 32.1. The van der Waals surface area contributed by atoms with E-state index < -0.39 is 0 Å². The Morgan fingerprint density at radius 2 is 1.63 bits per heavy atom. The van der Waals surface area contributed by atoms with Gasteiger partial charge in [0.1, 0.15) is 5.82 Å². The lowest BCUT2D eigenvalue weighted by Crippen LogP contribution is -2.11. The number of hydrogen-bond donors (Lipinski definition) is 0. The van der Waals surface area contributed by atoms with Crippen molar-refractivity contribution in [1.29, 1.82) is 0 Å². The fraction of sp³-hybridized carbons (Fsp3) is 0.0741. The third-order valence-electron chi connectivity index (χ3n) is 6.29. The van der Waals surface area contributed by atoms with E-state index in [9.17, 15) is 0 Å². The van der Waals surface area contributed by atoms with E-state index in [1.54, 1.807) is 0 Å². The SMILES string of the molecule is c1ccc2c(c1)CCc1nc3ccc(-c4cccc5sc6ccccc6c45)cc3n1-2. The van der Waals surface area contributed by atoms with Crippen LogP contribution in [0.1, 0.15) is 11.4 Å². The molecule has 0 saturated carbocycles. The molecule has 0 bridgehead atoms. The maximum atomic E-state index is 4.95. The molecule has 142 valence electrons. The smallest absolute Gasteiger partial charge is 0.114 e. The van der Waals surface area contributed by atoms with Gasteiger partial charge in [0.15, 0.2) is 0 Å². The number of benzene rings is 4. The van der Waals surface area contributed by atoms with E-state index in [1.165, 1.54) is 53.9 Å². The summed E-state index contributed by atoms with van der Waals surface area (Å²) in [7, 11) is 0. The number of thiophene rings is 1. The average Bonchev–Trinajstić information content (AvgIpc) is 3.37. The second-order valence-corrected chi connectivity index (χ2v) is 9.06. The minimum Gasteiger partial charge on any atom is -0.296 e. The van der Waals surface area contributed by atoms with Crippen molar-refractivity contribution >= 4 is 42.5 Å². The van der Waals surface area contributed by atoms with Gasteiger partial charge in [0.25, 0.3) is 0 Å². The largest absolute Gasteiger partial charge is 0.296 e. The molecular weight excluding hydrogens is 384 g/mol. The molecule has 0 aliphatic carbocycles. The fourth-order valence-corrected chi connectivity index (χ4v) is 6.06. The van der Waals surface area contributed by atoms with Crippen LogP contribution in [0.5, 0.6) is 0 Å². The molecule has 7 rings (SSSR count). The number of aromatic nitrogens is 2. The minimum atomic E-state index is 0.992. The molecule has 2 aromatic heterocycles. The lowest BCUT2D eigenvalue weighted by molar-refractivity contribution is 0.789. The molecule has 0 amide bonds. The van der Waals surface area contributed by atoms with E-state index in [0.29, 0.717) is 0 Å². The van der Waals surface area contributed by atoms with Crippen LogP contribution in [0.25, 0.3) is 48.0 Å². The molecule has 30 heavy (non-hydrogen) atoms. The molecule has 0 radical (unpaired) electrons. The molecule has 4 aromatic carbocycles. The van der Waals surface area contributed by atoms with Crippen LogP contribution in [-0.2, 0) is 12.8 Å². The monoisotopic (exact) mass is 402 g/mol. The summed E-state index contributed by atoms with van der Waals surface area (Å²) in [4.78, 5) is 4.95. The second-order valence-electron chi connectivity index (χ2n) is 7.97. The zero-order valence-electron chi connectivity index (χ0n) is 16.3. The summed E-state index contributed by atoms with van der Waals surface area (Å²) in [5, 5.41) is 2.70. The quantitative estimate of drug-likeness (QED) is 0.285. The van der Waals surface area contributed by atoms with E-state index in [-0.39, 0.29) is 0 Å². The van der Waals surface area contributed by atoms with E-state index in [2.05, 4.69) is 89.5 Å². The van der Waals surface area contributed by atoms with Gasteiger partial charge in [-0.2, -0.15) is 0 Å². The van der Waals surface area contributed by atoms with Crippen LogP contribution in [0.15, 0.2) is 84.9 Å². The van der Waals surface area contributed by atoms with E-state index >= 15 is 0 Å². The van der Waals surface area contributed by atoms with Gasteiger partial charge in [-0.15, -0.1) is 11.3 Å². The zero-order valence-corrected chi connectivity index (χ0v) is 17.1. The maximum Gasteiger partial charge on any atom is 0.114 e. The molecule has 0 N–H and O–H groups in total. The highest BCUT2D eigenvalue weighted by Crippen LogP contribution is 2.41. The van der Waals surface area contributed by atoms with Crippen molar-refractivity contribution in [2.45, 2.75) is 12.8 Å². The number of para-hydroxylation sites is 1. The summed E-state index contributed by atoms with van der Waals surface area (Å²) >= 11 is 1.87. The summed E-state index contributed by atoms with van der Waals surface area (Å²) in [6.45, 7) is 0. The standard InChI is InChI=1S/C27H18N2S/c1-3-9-22-17(6-1)13-15-26-28-21-14-12-18(16-23(21)29(22)26)19-8-5-11-25-27(19)20-7-2-4-10-24(20)30-25/h1-12,14,16H,13,15H2. The van der Waals surface area contributed by atoms with Crippen molar-refractivity contribution in [1.82, 2.24) is 9.55 Å². The third-order valence-corrected chi connectivity index (χ3v) is 7.42. The molecule has 0 spiro atoms. The van der Waals surface area contributed by atoms with Gasteiger partial charge >= 0.3 is 0 Å². The van der Waals surface area contributed by atoms with Gasteiger partial charge in [0.2, 0.25) is 0 Å². The van der Waals surface area contributed by atoms with Gasteiger partial charge < -0.3 is 0 Å². The molecule has 1 aliphatic heterocycles. The van der Waals surface area contributed by atoms with Crippen LogP contribution in [-0.4, -0.2) is 9.55 Å². The Labute approximate surface area is 178 Å². The molecule has 2 nitrogen and oxygen atoms in total. The van der Waals surface area contributed by atoms with Crippen molar-refractivity contribution in [3.63, 3.8) is 0 Å². The third kappa shape index (κ3) is 2.21. The van der Waals surface area contributed by atoms with E-state index in [1.807, 2.05) is 11.3 Å². The summed E-state index contributed by atoms with van der Waals surface area (Å²) in [5.74, 6) is 1.17. The van der Waals surface area contributed by atoms with Crippen LogP contribution in [0.4, 0.5) is 0 Å². The Hall–Kier alpha value is -3.43. The van der Waals surface area contributed by atoms with Crippen LogP contribution in [0, 0.1) is 0 Å². The number of imidazole rings is 1. The van der Waals surface area contributed by atoms with Gasteiger partial charge in [-0.3, -0.25) is 4.57 Å². The Balaban J connectivity index is 1.53. The number of aryl methyl sites for hydroxylation is 2. The first-order valence-electron chi connectivity index (χ1n) is 10.4. The molecule has 0 fully saturated rings. The molecule has 0 saturated heterocycles. The lowest BCUT2D eigenvalue weighted by atomic mass is 9.99. The van der Waals surface area contributed by atoms with Gasteiger partial charge in [0.05, 0.1) is 16.7 Å². The van der Waals surface area contributed by atoms with Crippen molar-refractivity contribution in [2.24, 2.45) is 0 Å². The highest BCUT2D eigenvalue weighted by molar-refractivity contribution is 7.25. The summed E-state index contributed by atoms with van der Waals surface area (Å²) in [6, 6.07) is 30.9. The van der Waals surface area contributed by atoms with E-state index in [0.717, 1.165) is 18.4 Å². The molecule has 1 aliphatic rings. The predicted octanol–water partition coefficient (Wildman–Crippen LogP) is 7.16. The second kappa shape index (κ2) is 6.04. The topological polar surface area (TPSA) is 17.8 Å². The van der Waals surface area contributed by atoms with Crippen LogP contribution in [0.2, 0.25) is 0 Å². The van der Waals surface area contributed by atoms with Crippen molar-refractivity contribution in [3.05, 3.63) is 96.3 Å². The van der Waals surface area contributed by atoms with Gasteiger partial charge in [0, 0.05) is 26.6 Å². The predicted molar refractivity (Wildman–Crippen MR) is 127 cm³/mol. The normalized spacial score (nSPS) is 13.1. The molecule has 0 atom stereocenters. The van der Waals surface area contributed by atoms with Gasteiger partial charge in [-0.25, -0.2) is 4.98 Å². The Morgan fingerprint density at radius 1 is 0.767 bits per heavy atom. The number of nitrogens with zero attached hydrogens (tertiary/aromatic N) is 2. The van der Waals surface area contributed by atoms with Crippen LogP contribution < -0.4 is 0 Å². The van der Waals surface area contributed by atoms with Gasteiger partial charge in [-0.1, -0.05) is 54.6 Å². The molecule has 3 heterocycles. The minimum absolute atomic E-state index is 0.992. The maximum absolute atomic E-state index is 4.95. The lowest BCUT2D eigenvalue weighted by Gasteiger charge is -2.19. The van der Waals surface area contributed by atoms with Gasteiger partial charge in [-0.05, 0) is 53.4 Å². The Kier molecular flexibility index (Phi) is 3.29. The molecular formula is C27H18N2S. The number of fused-ring (bicyclic) bond motifs is 8. The Bertz CT molecular complexity index is 1600. The zero-order chi connectivity index (χ0) is 19.7. The number of hydrogen-bond acceptors (Lipinski definition) is 2. The summed E-state index contributed by atoms with van der Waals surface area (Å²) < 4.78 is 5.05. The first kappa shape index (κ1) is 16.4. The number of rotatable bonds is 1. The average molecular weight is 403 g/mol. The van der Waals surface area contributed by atoms with E-state index in [4.69, 9.17) is 4.98 Å². The highest BCUT2D eigenvalue weighted by Gasteiger charge is 2.20. The Morgan fingerprint density at radius 3 is 2.63 bits per heavy atom.